The monoisotopic (exact) mass is 409 g/mol. The molecule has 0 amide bonds. The van der Waals surface area contributed by atoms with Gasteiger partial charge in [0.15, 0.2) is 0 Å². The summed E-state index contributed by atoms with van der Waals surface area (Å²) in [7, 11) is 0. The van der Waals surface area contributed by atoms with Gasteiger partial charge in [0.05, 0.1) is 23.3 Å². The zero-order chi connectivity index (χ0) is 21.0. The number of aliphatic hydroxyl groups is 3. The van der Waals surface area contributed by atoms with Gasteiger partial charge in [-0.25, -0.2) is 4.79 Å². The van der Waals surface area contributed by atoms with Crippen LogP contribution in [-0.4, -0.2) is 59.8 Å². The summed E-state index contributed by atoms with van der Waals surface area (Å²) in [6, 6.07) is 10.5. The summed E-state index contributed by atoms with van der Waals surface area (Å²) in [4.78, 5) is 24.0. The Bertz CT molecular complexity index is 1320. The molecule has 1 saturated heterocycles. The Labute approximate surface area is 169 Å². The summed E-state index contributed by atoms with van der Waals surface area (Å²) in [5.41, 5.74) is 4.79. The fourth-order valence-corrected chi connectivity index (χ4v) is 4.12. The average molecular weight is 409 g/mol. The van der Waals surface area contributed by atoms with E-state index in [9.17, 15) is 20.1 Å². The van der Waals surface area contributed by atoms with Crippen LogP contribution in [0.5, 0.6) is 0 Å². The molecule has 10 nitrogen and oxygen atoms in total. The highest BCUT2D eigenvalue weighted by molar-refractivity contribution is 6.04. The van der Waals surface area contributed by atoms with Crippen molar-refractivity contribution in [3.8, 4) is 0 Å². The molecule has 4 heterocycles. The lowest BCUT2D eigenvalue weighted by Gasteiger charge is -2.32. The number of hydrogen-bond acceptors (Lipinski definition) is 8. The van der Waals surface area contributed by atoms with Gasteiger partial charge >= 0.3 is 5.69 Å². The Hall–Kier alpha value is -3.31. The van der Waals surface area contributed by atoms with Crippen molar-refractivity contribution in [1.29, 1.82) is 0 Å². The van der Waals surface area contributed by atoms with Gasteiger partial charge in [-0.1, -0.05) is 6.07 Å². The average Bonchev–Trinajstić information content (AvgIpc) is 3.29. The molecule has 4 aromatic rings. The van der Waals surface area contributed by atoms with Gasteiger partial charge in [0.25, 0.3) is 0 Å². The van der Waals surface area contributed by atoms with Gasteiger partial charge in [0.2, 0.25) is 5.72 Å². The van der Waals surface area contributed by atoms with Gasteiger partial charge in [0.1, 0.15) is 24.1 Å². The van der Waals surface area contributed by atoms with E-state index in [1.807, 2.05) is 18.2 Å². The molecule has 0 saturated carbocycles. The lowest BCUT2D eigenvalue weighted by atomic mass is 9.98. The molecule has 6 N–H and O–H groups in total. The highest BCUT2D eigenvalue weighted by atomic mass is 16.6. The number of nitrogen functional groups attached to an aromatic ring is 1. The van der Waals surface area contributed by atoms with Crippen molar-refractivity contribution in [2.45, 2.75) is 24.0 Å². The van der Waals surface area contributed by atoms with Crippen LogP contribution in [0.4, 0.5) is 5.82 Å². The molecular formula is C20H19N5O5. The van der Waals surface area contributed by atoms with Gasteiger partial charge in [0, 0.05) is 23.2 Å². The highest BCUT2D eigenvalue weighted by Crippen LogP contribution is 2.41. The molecule has 30 heavy (non-hydrogen) atoms. The first-order chi connectivity index (χ1) is 14.5. The van der Waals surface area contributed by atoms with Crippen LogP contribution < -0.4 is 11.4 Å². The van der Waals surface area contributed by atoms with Gasteiger partial charge in [-0.15, -0.1) is 0 Å². The number of hydrogen-bond donors (Lipinski definition) is 5. The third-order valence-electron chi connectivity index (χ3n) is 5.56. The van der Waals surface area contributed by atoms with E-state index in [0.29, 0.717) is 5.69 Å². The Morgan fingerprint density at radius 1 is 1.27 bits per heavy atom. The number of aromatic amines is 1. The molecule has 1 aliphatic heterocycles. The molecule has 1 aromatic carbocycles. The molecule has 0 unspecified atom stereocenters. The zero-order valence-corrected chi connectivity index (χ0v) is 15.6. The van der Waals surface area contributed by atoms with Gasteiger partial charge < -0.3 is 30.8 Å². The van der Waals surface area contributed by atoms with E-state index in [1.165, 1.54) is 12.3 Å². The van der Waals surface area contributed by atoms with Crippen molar-refractivity contribution < 1.29 is 20.1 Å². The van der Waals surface area contributed by atoms with E-state index >= 15 is 0 Å². The molecule has 0 radical (unpaired) electrons. The molecule has 3 aromatic heterocycles. The number of benzene rings is 1. The second-order valence-electron chi connectivity index (χ2n) is 7.26. The molecule has 4 atom stereocenters. The molecule has 10 heteroatoms. The number of nitrogens with zero attached hydrogens (tertiary/aromatic N) is 3. The van der Waals surface area contributed by atoms with Gasteiger partial charge in [-0.05, 0) is 30.3 Å². The predicted molar refractivity (Wildman–Crippen MR) is 108 cm³/mol. The Morgan fingerprint density at radius 3 is 2.83 bits per heavy atom. The Balaban J connectivity index is 1.81. The van der Waals surface area contributed by atoms with Crippen LogP contribution in [0, 0.1) is 0 Å². The second-order valence-corrected chi connectivity index (χ2v) is 7.26. The number of nitrogens with two attached hydrogens (primary N) is 1. The molecule has 5 rings (SSSR count). The van der Waals surface area contributed by atoms with E-state index in [0.717, 1.165) is 26.4 Å². The molecule has 1 fully saturated rings. The zero-order valence-electron chi connectivity index (χ0n) is 15.6. The predicted octanol–water partition coefficient (Wildman–Crippen LogP) is -0.331. The second kappa shape index (κ2) is 6.61. The topological polar surface area (TPSA) is 160 Å². The number of H-pyrrole nitrogens is 1. The quantitative estimate of drug-likeness (QED) is 0.307. The molecular weight excluding hydrogens is 390 g/mol. The van der Waals surface area contributed by atoms with Crippen LogP contribution in [0.1, 0.15) is 5.69 Å². The third kappa shape index (κ3) is 2.48. The van der Waals surface area contributed by atoms with E-state index in [1.54, 1.807) is 18.3 Å². The van der Waals surface area contributed by atoms with Crippen LogP contribution in [0.3, 0.4) is 0 Å². The largest absolute Gasteiger partial charge is 0.394 e. The number of aliphatic hydroxyl groups excluding tert-OH is 3. The van der Waals surface area contributed by atoms with Crippen LogP contribution in [-0.2, 0) is 10.5 Å². The maximum atomic E-state index is 12.7. The smallest absolute Gasteiger partial charge is 0.352 e. The fourth-order valence-electron chi connectivity index (χ4n) is 4.12. The minimum atomic E-state index is -1.85. The standard InChI is InChI=1S/C20H19N5O5/c21-15-5-7-25(19(29)24-15)20(18(28)17(27)13(9-26)30-20)14-8-10-3-4-12-11(16(10)23-14)2-1-6-22-12/h1-8,13,17-18,23,26-28H,9H2,(H2,21,24,29)/t13-,17-,18-,20-/m1/s1. The molecule has 0 bridgehead atoms. The number of nitrogens with one attached hydrogen (secondary N) is 1. The molecule has 1 aliphatic rings. The van der Waals surface area contributed by atoms with Gasteiger partial charge in [-0.2, -0.15) is 4.98 Å². The number of rotatable bonds is 3. The number of fused-ring (bicyclic) bond motifs is 3. The fraction of sp³-hybridized carbons (Fsp3) is 0.250. The lowest BCUT2D eigenvalue weighted by Crippen LogP contribution is -2.51. The van der Waals surface area contributed by atoms with E-state index < -0.39 is 36.3 Å². The first kappa shape index (κ1) is 18.7. The molecule has 0 aliphatic carbocycles. The van der Waals surface area contributed by atoms with E-state index in [4.69, 9.17) is 10.5 Å². The summed E-state index contributed by atoms with van der Waals surface area (Å²) < 4.78 is 7.01. The van der Waals surface area contributed by atoms with Crippen molar-refractivity contribution >= 4 is 27.6 Å². The van der Waals surface area contributed by atoms with Crippen molar-refractivity contribution in [2.24, 2.45) is 0 Å². The summed E-state index contributed by atoms with van der Waals surface area (Å²) >= 11 is 0. The van der Waals surface area contributed by atoms with Crippen LogP contribution >= 0.6 is 0 Å². The summed E-state index contributed by atoms with van der Waals surface area (Å²) in [5, 5.41) is 32.8. The molecule has 154 valence electrons. The first-order valence-corrected chi connectivity index (χ1v) is 9.33. The summed E-state index contributed by atoms with van der Waals surface area (Å²) in [6.07, 6.45) is -1.11. The van der Waals surface area contributed by atoms with Crippen LogP contribution in [0.25, 0.3) is 21.8 Å². The number of pyridine rings is 1. The SMILES string of the molecule is Nc1ccn([C@]2(c3cc4ccc5ncccc5c4[nH]3)O[C@H](CO)[C@@H](O)[C@H]2O)c(=O)n1. The van der Waals surface area contributed by atoms with Crippen molar-refractivity contribution in [1.82, 2.24) is 19.5 Å². The van der Waals surface area contributed by atoms with Crippen molar-refractivity contribution in [3.63, 3.8) is 0 Å². The highest BCUT2D eigenvalue weighted by Gasteiger charge is 2.58. The van der Waals surface area contributed by atoms with Gasteiger partial charge in [-0.3, -0.25) is 9.55 Å². The summed E-state index contributed by atoms with van der Waals surface area (Å²) in [5.74, 6) is 0.00635. The maximum Gasteiger partial charge on any atom is 0.352 e. The van der Waals surface area contributed by atoms with E-state index in [2.05, 4.69) is 15.0 Å². The maximum absolute atomic E-state index is 12.7. The Kier molecular flexibility index (Phi) is 4.12. The van der Waals surface area contributed by atoms with E-state index in [-0.39, 0.29) is 5.82 Å². The molecule has 0 spiro atoms. The Morgan fingerprint density at radius 2 is 2.10 bits per heavy atom. The first-order valence-electron chi connectivity index (χ1n) is 9.33. The number of ether oxygens (including phenoxy) is 1. The van der Waals surface area contributed by atoms with Crippen LogP contribution in [0.2, 0.25) is 0 Å². The van der Waals surface area contributed by atoms with Crippen molar-refractivity contribution in [3.05, 3.63) is 65.0 Å². The lowest BCUT2D eigenvalue weighted by molar-refractivity contribution is -0.122. The number of aromatic nitrogens is 4. The number of anilines is 1. The minimum absolute atomic E-state index is 0.00635. The third-order valence-corrected chi connectivity index (χ3v) is 5.56. The van der Waals surface area contributed by atoms with Crippen molar-refractivity contribution in [2.75, 3.05) is 12.3 Å². The normalized spacial score (nSPS) is 26.6. The summed E-state index contributed by atoms with van der Waals surface area (Å²) in [6.45, 7) is -0.551. The van der Waals surface area contributed by atoms with Crippen LogP contribution in [0.15, 0.2) is 53.6 Å². The minimum Gasteiger partial charge on any atom is -0.394 e.